The summed E-state index contributed by atoms with van der Waals surface area (Å²) in [5, 5.41) is 10.6. The van der Waals surface area contributed by atoms with E-state index >= 15 is 0 Å². The fourth-order valence-electron chi connectivity index (χ4n) is 2.20. The summed E-state index contributed by atoms with van der Waals surface area (Å²) in [6.07, 6.45) is 1.19. The summed E-state index contributed by atoms with van der Waals surface area (Å²) >= 11 is 6.05. The number of aromatic nitrogens is 1. The summed E-state index contributed by atoms with van der Waals surface area (Å²) in [5.74, 6) is 0.787. The number of aliphatic hydroxyl groups excluding tert-OH is 1. The quantitative estimate of drug-likeness (QED) is 0.925. The van der Waals surface area contributed by atoms with Gasteiger partial charge in [0.05, 0.1) is 12.1 Å². The summed E-state index contributed by atoms with van der Waals surface area (Å²) in [7, 11) is 1.97. The third-order valence-corrected chi connectivity index (χ3v) is 3.75. The molecule has 0 amide bonds. The van der Waals surface area contributed by atoms with Crippen LogP contribution in [-0.4, -0.2) is 17.1 Å². The Kier molecular flexibility index (Phi) is 4.63. The summed E-state index contributed by atoms with van der Waals surface area (Å²) < 4.78 is 0. The van der Waals surface area contributed by atoms with Gasteiger partial charge in [-0.15, -0.1) is 0 Å². The zero-order valence-electron chi connectivity index (χ0n) is 11.9. The Morgan fingerprint density at radius 1 is 1.20 bits per heavy atom. The van der Waals surface area contributed by atoms with Gasteiger partial charge in [0.2, 0.25) is 0 Å². The summed E-state index contributed by atoms with van der Waals surface area (Å²) in [6.45, 7) is 3.84. The van der Waals surface area contributed by atoms with Crippen molar-refractivity contribution in [2.45, 2.75) is 26.0 Å². The molecule has 0 saturated heterocycles. The van der Waals surface area contributed by atoms with Crippen LogP contribution in [0.1, 0.15) is 37.1 Å². The second-order valence-corrected chi connectivity index (χ2v) is 5.37. The average Bonchev–Trinajstić information content (AvgIpc) is 2.45. The van der Waals surface area contributed by atoms with Gasteiger partial charge in [0.1, 0.15) is 5.82 Å². The molecule has 1 heterocycles. The number of aliphatic hydroxyl groups is 1. The molecule has 106 valence electrons. The molecule has 0 aliphatic heterocycles. The van der Waals surface area contributed by atoms with Crippen LogP contribution in [0.25, 0.3) is 0 Å². The number of halogens is 1. The summed E-state index contributed by atoms with van der Waals surface area (Å²) in [4.78, 5) is 6.45. The number of hydrogen-bond donors (Lipinski definition) is 1. The minimum absolute atomic E-state index is 0.112. The molecule has 0 aliphatic carbocycles. The third kappa shape index (κ3) is 3.11. The Hall–Kier alpha value is -1.58. The third-order valence-electron chi connectivity index (χ3n) is 3.51. The van der Waals surface area contributed by atoms with Crippen molar-refractivity contribution in [3.63, 3.8) is 0 Å². The van der Waals surface area contributed by atoms with E-state index in [-0.39, 0.29) is 6.04 Å². The van der Waals surface area contributed by atoms with E-state index in [1.54, 1.807) is 13.1 Å². The standard InChI is InChI=1S/C16H19ClN2O/c1-11(13-6-4-7-14(17)10-13)19(3)16-15(12(2)20)8-5-9-18-16/h4-12,20H,1-3H3/t11?,12-/m0/s1. The lowest BCUT2D eigenvalue weighted by Crippen LogP contribution is -2.24. The van der Waals surface area contributed by atoms with Crippen LogP contribution in [-0.2, 0) is 0 Å². The Balaban J connectivity index is 2.34. The van der Waals surface area contributed by atoms with Crippen molar-refractivity contribution >= 4 is 17.4 Å². The van der Waals surface area contributed by atoms with Crippen LogP contribution in [0.15, 0.2) is 42.6 Å². The smallest absolute Gasteiger partial charge is 0.134 e. The highest BCUT2D eigenvalue weighted by Crippen LogP contribution is 2.30. The molecular weight excluding hydrogens is 272 g/mol. The first-order chi connectivity index (χ1) is 9.50. The lowest BCUT2D eigenvalue weighted by molar-refractivity contribution is 0.199. The minimum Gasteiger partial charge on any atom is -0.389 e. The maximum absolute atomic E-state index is 9.86. The monoisotopic (exact) mass is 290 g/mol. The number of anilines is 1. The van der Waals surface area contributed by atoms with Crippen molar-refractivity contribution in [3.8, 4) is 0 Å². The number of nitrogens with zero attached hydrogens (tertiary/aromatic N) is 2. The Labute approximate surface area is 124 Å². The Morgan fingerprint density at radius 3 is 2.60 bits per heavy atom. The Morgan fingerprint density at radius 2 is 1.95 bits per heavy atom. The van der Waals surface area contributed by atoms with Crippen LogP contribution in [0.3, 0.4) is 0 Å². The topological polar surface area (TPSA) is 36.4 Å². The van der Waals surface area contributed by atoms with E-state index in [1.165, 1.54) is 0 Å². The lowest BCUT2D eigenvalue weighted by atomic mass is 10.1. The van der Waals surface area contributed by atoms with E-state index in [1.807, 2.05) is 48.3 Å². The highest BCUT2D eigenvalue weighted by Gasteiger charge is 2.18. The largest absolute Gasteiger partial charge is 0.389 e. The van der Waals surface area contributed by atoms with E-state index in [0.29, 0.717) is 0 Å². The zero-order chi connectivity index (χ0) is 14.7. The van der Waals surface area contributed by atoms with Crippen LogP contribution in [0.2, 0.25) is 5.02 Å². The second kappa shape index (κ2) is 6.25. The van der Waals surface area contributed by atoms with Crippen molar-refractivity contribution in [1.82, 2.24) is 4.98 Å². The van der Waals surface area contributed by atoms with Gasteiger partial charge in [0.15, 0.2) is 0 Å². The van der Waals surface area contributed by atoms with Gasteiger partial charge in [-0.05, 0) is 37.6 Å². The molecule has 0 spiro atoms. The predicted octanol–water partition coefficient (Wildman–Crippen LogP) is 3.99. The summed E-state index contributed by atoms with van der Waals surface area (Å²) in [6, 6.07) is 11.6. The normalized spacial score (nSPS) is 13.8. The molecule has 2 atom stereocenters. The molecule has 1 aromatic heterocycles. The molecule has 0 bridgehead atoms. The molecule has 0 aliphatic rings. The van der Waals surface area contributed by atoms with E-state index in [0.717, 1.165) is 22.0 Å². The van der Waals surface area contributed by atoms with E-state index in [4.69, 9.17) is 11.6 Å². The fourth-order valence-corrected chi connectivity index (χ4v) is 2.40. The molecule has 0 radical (unpaired) electrons. The molecule has 4 heteroatoms. The number of pyridine rings is 1. The molecule has 0 saturated carbocycles. The highest BCUT2D eigenvalue weighted by molar-refractivity contribution is 6.30. The van der Waals surface area contributed by atoms with Crippen LogP contribution >= 0.6 is 11.6 Å². The van der Waals surface area contributed by atoms with Crippen LogP contribution in [0.4, 0.5) is 5.82 Å². The highest BCUT2D eigenvalue weighted by atomic mass is 35.5. The number of benzene rings is 1. The first kappa shape index (κ1) is 14.8. The molecular formula is C16H19ClN2O. The van der Waals surface area contributed by atoms with Crippen molar-refractivity contribution in [3.05, 3.63) is 58.7 Å². The number of hydrogen-bond acceptors (Lipinski definition) is 3. The predicted molar refractivity (Wildman–Crippen MR) is 83.1 cm³/mol. The molecule has 1 N–H and O–H groups in total. The molecule has 20 heavy (non-hydrogen) atoms. The maximum atomic E-state index is 9.86. The SMILES string of the molecule is CC(c1cccc(Cl)c1)N(C)c1ncccc1[C@H](C)O. The fraction of sp³-hybridized carbons (Fsp3) is 0.312. The Bertz CT molecular complexity index is 586. The average molecular weight is 291 g/mol. The van der Waals surface area contributed by atoms with Crippen molar-refractivity contribution in [2.75, 3.05) is 11.9 Å². The molecule has 0 fully saturated rings. The molecule has 2 aromatic rings. The van der Waals surface area contributed by atoms with Gasteiger partial charge in [-0.1, -0.05) is 29.8 Å². The van der Waals surface area contributed by atoms with Gasteiger partial charge in [-0.2, -0.15) is 0 Å². The first-order valence-corrected chi connectivity index (χ1v) is 6.99. The van der Waals surface area contributed by atoms with Crippen molar-refractivity contribution < 1.29 is 5.11 Å². The van der Waals surface area contributed by atoms with Gasteiger partial charge in [-0.3, -0.25) is 0 Å². The van der Waals surface area contributed by atoms with Crippen molar-refractivity contribution in [2.24, 2.45) is 0 Å². The molecule has 2 rings (SSSR count). The number of rotatable bonds is 4. The molecule has 3 nitrogen and oxygen atoms in total. The summed E-state index contributed by atoms with van der Waals surface area (Å²) in [5.41, 5.74) is 1.94. The lowest BCUT2D eigenvalue weighted by Gasteiger charge is -2.28. The van der Waals surface area contributed by atoms with Gasteiger partial charge in [0, 0.05) is 23.8 Å². The first-order valence-electron chi connectivity index (χ1n) is 6.62. The maximum Gasteiger partial charge on any atom is 0.134 e. The molecule has 1 aromatic carbocycles. The van der Waals surface area contributed by atoms with E-state index < -0.39 is 6.10 Å². The van der Waals surface area contributed by atoms with E-state index in [2.05, 4.69) is 11.9 Å². The van der Waals surface area contributed by atoms with Crippen LogP contribution < -0.4 is 4.90 Å². The van der Waals surface area contributed by atoms with E-state index in [9.17, 15) is 5.11 Å². The minimum atomic E-state index is -0.548. The second-order valence-electron chi connectivity index (χ2n) is 4.93. The van der Waals surface area contributed by atoms with Gasteiger partial charge >= 0.3 is 0 Å². The zero-order valence-corrected chi connectivity index (χ0v) is 12.7. The van der Waals surface area contributed by atoms with Crippen LogP contribution in [0.5, 0.6) is 0 Å². The molecule has 1 unspecified atom stereocenters. The van der Waals surface area contributed by atoms with Gasteiger partial charge < -0.3 is 10.0 Å². The van der Waals surface area contributed by atoms with Gasteiger partial charge in [0.25, 0.3) is 0 Å². The van der Waals surface area contributed by atoms with Crippen molar-refractivity contribution in [1.29, 1.82) is 0 Å². The van der Waals surface area contributed by atoms with Crippen LogP contribution in [0, 0.1) is 0 Å². The van der Waals surface area contributed by atoms with Gasteiger partial charge in [-0.25, -0.2) is 4.98 Å².